The van der Waals surface area contributed by atoms with E-state index in [1.165, 1.54) is 11.3 Å². The highest BCUT2D eigenvalue weighted by molar-refractivity contribution is 7.99. The SMILES string of the molecule is CCNC(=O)NCc1ccccc1Sc1cc/c(=N/C)n(/C(=C(/C)CC)C(C)C)c1. The van der Waals surface area contributed by atoms with Crippen LogP contribution in [0, 0.1) is 5.92 Å². The molecule has 30 heavy (non-hydrogen) atoms. The lowest BCUT2D eigenvalue weighted by atomic mass is 10.0. The third-order valence-corrected chi connectivity index (χ3v) is 5.98. The van der Waals surface area contributed by atoms with Crippen LogP contribution in [-0.2, 0) is 6.54 Å². The first kappa shape index (κ1) is 23.8. The van der Waals surface area contributed by atoms with E-state index in [2.05, 4.69) is 78.4 Å². The third kappa shape index (κ3) is 6.26. The Hall–Kier alpha value is -2.47. The van der Waals surface area contributed by atoms with Gasteiger partial charge in [0, 0.05) is 41.8 Å². The second-order valence-electron chi connectivity index (χ2n) is 7.41. The molecule has 5 nitrogen and oxygen atoms in total. The summed E-state index contributed by atoms with van der Waals surface area (Å²) in [5.74, 6) is 0.393. The minimum Gasteiger partial charge on any atom is -0.338 e. The topological polar surface area (TPSA) is 58.4 Å². The zero-order chi connectivity index (χ0) is 22.1. The largest absolute Gasteiger partial charge is 0.338 e. The fourth-order valence-electron chi connectivity index (χ4n) is 3.34. The fraction of sp³-hybridized carbons (Fsp3) is 0.417. The number of pyridine rings is 1. The molecule has 0 radical (unpaired) electrons. The van der Waals surface area contributed by atoms with E-state index >= 15 is 0 Å². The lowest BCUT2D eigenvalue weighted by Gasteiger charge is -2.20. The van der Waals surface area contributed by atoms with Crippen molar-refractivity contribution in [3.05, 3.63) is 59.2 Å². The van der Waals surface area contributed by atoms with Crippen LogP contribution in [0.15, 0.2) is 63.0 Å². The molecule has 1 aromatic heterocycles. The number of carbonyl (C=O) groups excluding carboxylic acids is 1. The normalized spacial score (nSPS) is 12.7. The maximum absolute atomic E-state index is 11.8. The lowest BCUT2D eigenvalue weighted by Crippen LogP contribution is -2.34. The zero-order valence-corrected chi connectivity index (χ0v) is 19.8. The van der Waals surface area contributed by atoms with Crippen LogP contribution in [0.1, 0.15) is 46.6 Å². The van der Waals surface area contributed by atoms with E-state index in [1.807, 2.05) is 26.1 Å². The van der Waals surface area contributed by atoms with Crippen molar-refractivity contribution in [1.29, 1.82) is 0 Å². The molecule has 0 atom stereocenters. The van der Waals surface area contributed by atoms with Crippen molar-refractivity contribution in [2.45, 2.75) is 57.4 Å². The van der Waals surface area contributed by atoms with Gasteiger partial charge in [-0.05, 0) is 49.9 Å². The monoisotopic (exact) mass is 426 g/mol. The van der Waals surface area contributed by atoms with Gasteiger partial charge in [0.2, 0.25) is 0 Å². The van der Waals surface area contributed by atoms with Gasteiger partial charge in [-0.1, -0.05) is 56.3 Å². The Morgan fingerprint density at radius 2 is 1.87 bits per heavy atom. The highest BCUT2D eigenvalue weighted by atomic mass is 32.2. The number of urea groups is 1. The van der Waals surface area contributed by atoms with Gasteiger partial charge in [-0.15, -0.1) is 0 Å². The Balaban J connectivity index is 2.38. The van der Waals surface area contributed by atoms with Gasteiger partial charge in [0.25, 0.3) is 0 Å². The molecule has 0 aliphatic rings. The van der Waals surface area contributed by atoms with Crippen molar-refractivity contribution >= 4 is 23.5 Å². The second-order valence-corrected chi connectivity index (χ2v) is 8.53. The summed E-state index contributed by atoms with van der Waals surface area (Å²) in [5, 5.41) is 5.69. The smallest absolute Gasteiger partial charge is 0.315 e. The average molecular weight is 427 g/mol. The van der Waals surface area contributed by atoms with Crippen molar-refractivity contribution in [1.82, 2.24) is 15.2 Å². The fourth-order valence-corrected chi connectivity index (χ4v) is 4.31. The lowest BCUT2D eigenvalue weighted by molar-refractivity contribution is 0.241. The molecule has 0 aliphatic carbocycles. The molecule has 2 rings (SSSR count). The molecular weight excluding hydrogens is 392 g/mol. The van der Waals surface area contributed by atoms with E-state index in [4.69, 9.17) is 0 Å². The molecule has 0 spiro atoms. The standard InChI is InChI=1S/C24H34N4OS/c1-7-18(5)23(17(3)4)28-16-20(13-14-22(28)25-6)30-21-12-10-9-11-19(21)15-27-24(29)26-8-2/h9-14,16-17H,7-8,15H2,1-6H3,(H2,26,27,29)/b23-18-,25-22-. The second kappa shape index (κ2) is 11.6. The summed E-state index contributed by atoms with van der Waals surface area (Å²) >= 11 is 1.70. The molecule has 2 N–H and O–H groups in total. The van der Waals surface area contributed by atoms with Crippen molar-refractivity contribution in [3.8, 4) is 0 Å². The Kier molecular flexibility index (Phi) is 9.24. The summed E-state index contributed by atoms with van der Waals surface area (Å²) in [4.78, 5) is 18.5. The van der Waals surface area contributed by atoms with Crippen LogP contribution in [0.25, 0.3) is 5.70 Å². The Bertz CT molecular complexity index is 960. The molecule has 0 saturated heterocycles. The molecule has 1 aromatic carbocycles. The van der Waals surface area contributed by atoms with E-state index in [1.54, 1.807) is 11.8 Å². The maximum atomic E-state index is 11.8. The molecule has 0 unspecified atom stereocenters. The van der Waals surface area contributed by atoms with Crippen molar-refractivity contribution in [3.63, 3.8) is 0 Å². The van der Waals surface area contributed by atoms with E-state index < -0.39 is 0 Å². The summed E-state index contributed by atoms with van der Waals surface area (Å²) in [6, 6.07) is 12.2. The van der Waals surface area contributed by atoms with Crippen LogP contribution in [0.5, 0.6) is 0 Å². The van der Waals surface area contributed by atoms with Gasteiger partial charge in [0.05, 0.1) is 0 Å². The maximum Gasteiger partial charge on any atom is 0.315 e. The van der Waals surface area contributed by atoms with Gasteiger partial charge >= 0.3 is 6.03 Å². The number of nitrogens with zero attached hydrogens (tertiary/aromatic N) is 2. The van der Waals surface area contributed by atoms with Gasteiger partial charge < -0.3 is 15.2 Å². The predicted octanol–water partition coefficient (Wildman–Crippen LogP) is 5.29. The van der Waals surface area contributed by atoms with Gasteiger partial charge in [-0.25, -0.2) is 4.79 Å². The number of hydrogen-bond donors (Lipinski definition) is 2. The minimum absolute atomic E-state index is 0.147. The average Bonchev–Trinajstić information content (AvgIpc) is 2.73. The summed E-state index contributed by atoms with van der Waals surface area (Å²) in [5.41, 5.74) is 4.70. The van der Waals surface area contributed by atoms with Crippen LogP contribution >= 0.6 is 11.8 Å². The van der Waals surface area contributed by atoms with Crippen molar-refractivity contribution in [2.75, 3.05) is 13.6 Å². The molecule has 1 heterocycles. The van der Waals surface area contributed by atoms with Crippen LogP contribution < -0.4 is 16.1 Å². The molecular formula is C24H34N4OS. The van der Waals surface area contributed by atoms with E-state index in [9.17, 15) is 4.79 Å². The number of aromatic nitrogens is 1. The number of rotatable bonds is 8. The van der Waals surface area contributed by atoms with Gasteiger partial charge in [0.15, 0.2) is 0 Å². The molecule has 0 saturated carbocycles. The number of carbonyl (C=O) groups is 1. The third-order valence-electron chi connectivity index (χ3n) is 4.88. The van der Waals surface area contributed by atoms with Crippen LogP contribution in [0.4, 0.5) is 4.79 Å². The number of allylic oxidation sites excluding steroid dienone is 2. The Morgan fingerprint density at radius 3 is 2.50 bits per heavy atom. The molecule has 0 fully saturated rings. The van der Waals surface area contributed by atoms with E-state index in [0.717, 1.165) is 27.3 Å². The number of amides is 2. The van der Waals surface area contributed by atoms with Crippen molar-refractivity contribution < 1.29 is 4.79 Å². The highest BCUT2D eigenvalue weighted by Gasteiger charge is 2.12. The van der Waals surface area contributed by atoms with E-state index in [-0.39, 0.29) is 6.03 Å². The summed E-state index contributed by atoms with van der Waals surface area (Å²) < 4.78 is 2.22. The highest BCUT2D eigenvalue weighted by Crippen LogP contribution is 2.31. The summed E-state index contributed by atoms with van der Waals surface area (Å²) in [6.45, 7) is 11.8. The molecule has 162 valence electrons. The van der Waals surface area contributed by atoms with Crippen LogP contribution in [0.2, 0.25) is 0 Å². The van der Waals surface area contributed by atoms with Crippen molar-refractivity contribution in [2.24, 2.45) is 10.9 Å². The molecule has 2 aromatic rings. The molecule has 0 bridgehead atoms. The van der Waals surface area contributed by atoms with Gasteiger partial charge in [-0.2, -0.15) is 0 Å². The Labute approximate surface area is 184 Å². The van der Waals surface area contributed by atoms with Crippen LogP contribution in [-0.4, -0.2) is 24.2 Å². The summed E-state index contributed by atoms with van der Waals surface area (Å²) in [6.07, 6.45) is 3.19. The predicted molar refractivity (Wildman–Crippen MR) is 126 cm³/mol. The van der Waals surface area contributed by atoms with Gasteiger partial charge in [-0.3, -0.25) is 4.99 Å². The molecule has 0 aliphatic heterocycles. The zero-order valence-electron chi connectivity index (χ0n) is 19.0. The number of benzene rings is 1. The first-order valence-corrected chi connectivity index (χ1v) is 11.4. The van der Waals surface area contributed by atoms with Gasteiger partial charge in [0.1, 0.15) is 5.49 Å². The number of nitrogens with one attached hydrogen (secondary N) is 2. The first-order valence-electron chi connectivity index (χ1n) is 10.5. The Morgan fingerprint density at radius 1 is 1.13 bits per heavy atom. The summed E-state index contributed by atoms with van der Waals surface area (Å²) in [7, 11) is 1.83. The number of hydrogen-bond acceptors (Lipinski definition) is 3. The quantitative estimate of drug-likeness (QED) is 0.603. The van der Waals surface area contributed by atoms with E-state index in [0.29, 0.717) is 19.0 Å². The first-order chi connectivity index (χ1) is 14.4. The molecule has 6 heteroatoms. The van der Waals surface area contributed by atoms with Crippen LogP contribution in [0.3, 0.4) is 0 Å². The molecule has 2 amide bonds. The minimum atomic E-state index is -0.147.